The standard InChI is InChI=1S/C25H21N3O3S2/c1-26-22(29)20(23(30)27(2)25(26)32)24-28(14-15-31-17-9-4-3-5-10-17)21-18-11-7-6-8-16(18)12-13-19(21)33-24/h3-13H,14-15H2,1-2H3. The molecule has 2 aliphatic heterocycles. The Labute approximate surface area is 201 Å². The Morgan fingerprint density at radius 2 is 1.55 bits per heavy atom. The van der Waals surface area contributed by atoms with Crippen molar-refractivity contribution in [3.63, 3.8) is 0 Å². The molecule has 0 aliphatic carbocycles. The number of fused-ring (bicyclic) bond motifs is 3. The molecule has 0 saturated carbocycles. The summed E-state index contributed by atoms with van der Waals surface area (Å²) in [6, 6.07) is 21.8. The summed E-state index contributed by atoms with van der Waals surface area (Å²) in [5.74, 6) is -0.0142. The number of thiocarbonyl (C=S) groups is 1. The lowest BCUT2D eigenvalue weighted by Crippen LogP contribution is -2.53. The average Bonchev–Trinajstić information content (AvgIpc) is 3.21. The van der Waals surface area contributed by atoms with E-state index in [9.17, 15) is 9.59 Å². The normalized spacial score (nSPS) is 16.2. The Bertz CT molecular complexity index is 1300. The molecule has 6 nitrogen and oxygen atoms in total. The number of thioether (sulfide) groups is 1. The van der Waals surface area contributed by atoms with Crippen LogP contribution in [-0.4, -0.2) is 54.0 Å². The van der Waals surface area contributed by atoms with Crippen LogP contribution in [-0.2, 0) is 9.59 Å². The van der Waals surface area contributed by atoms with Crippen LogP contribution in [0.4, 0.5) is 5.69 Å². The van der Waals surface area contributed by atoms with E-state index in [-0.39, 0.29) is 10.7 Å². The largest absolute Gasteiger partial charge is 0.492 e. The minimum Gasteiger partial charge on any atom is -0.492 e. The molecule has 2 amide bonds. The highest BCUT2D eigenvalue weighted by Gasteiger charge is 2.42. The van der Waals surface area contributed by atoms with Crippen molar-refractivity contribution in [2.24, 2.45) is 0 Å². The number of likely N-dealkylation sites (N-methyl/N-ethyl adjacent to an activating group) is 2. The van der Waals surface area contributed by atoms with Crippen molar-refractivity contribution in [3.05, 3.63) is 77.3 Å². The zero-order chi connectivity index (χ0) is 23.1. The molecule has 2 aliphatic rings. The van der Waals surface area contributed by atoms with E-state index in [1.54, 1.807) is 14.1 Å². The highest BCUT2D eigenvalue weighted by atomic mass is 32.2. The van der Waals surface area contributed by atoms with E-state index in [2.05, 4.69) is 18.2 Å². The first kappa shape index (κ1) is 21.5. The topological polar surface area (TPSA) is 53.1 Å². The molecule has 1 fully saturated rings. The maximum absolute atomic E-state index is 13.2. The average molecular weight is 476 g/mol. The fourth-order valence-corrected chi connectivity index (χ4v) is 5.43. The Hall–Kier alpha value is -3.36. The first-order valence-electron chi connectivity index (χ1n) is 10.5. The lowest BCUT2D eigenvalue weighted by Gasteiger charge is -2.33. The second-order valence-electron chi connectivity index (χ2n) is 7.74. The number of hydrogen-bond donors (Lipinski definition) is 0. The lowest BCUT2D eigenvalue weighted by molar-refractivity contribution is -0.132. The van der Waals surface area contributed by atoms with Gasteiger partial charge in [0.05, 0.1) is 17.3 Å². The fourth-order valence-electron chi connectivity index (χ4n) is 4.04. The van der Waals surface area contributed by atoms with E-state index in [0.29, 0.717) is 18.2 Å². The number of rotatable bonds is 4. The van der Waals surface area contributed by atoms with Gasteiger partial charge in [-0.25, -0.2) is 0 Å². The minimum atomic E-state index is -0.392. The number of benzene rings is 3. The van der Waals surface area contributed by atoms with Gasteiger partial charge in [0.25, 0.3) is 11.8 Å². The molecule has 0 spiro atoms. The van der Waals surface area contributed by atoms with Gasteiger partial charge in [-0.05, 0) is 35.8 Å². The molecule has 0 aromatic heterocycles. The van der Waals surface area contributed by atoms with Crippen LogP contribution in [0.2, 0.25) is 0 Å². The van der Waals surface area contributed by atoms with Crippen LogP contribution in [0.25, 0.3) is 10.8 Å². The summed E-state index contributed by atoms with van der Waals surface area (Å²) in [5, 5.41) is 2.95. The number of amides is 2. The maximum atomic E-state index is 13.2. The lowest BCUT2D eigenvalue weighted by atomic mass is 10.1. The molecule has 0 N–H and O–H groups in total. The van der Waals surface area contributed by atoms with Crippen molar-refractivity contribution in [1.82, 2.24) is 9.80 Å². The van der Waals surface area contributed by atoms with Gasteiger partial charge in [0.2, 0.25) is 0 Å². The van der Waals surface area contributed by atoms with Crippen LogP contribution in [0.15, 0.2) is 82.2 Å². The molecule has 2 heterocycles. The van der Waals surface area contributed by atoms with E-state index in [0.717, 1.165) is 27.1 Å². The molecule has 0 atom stereocenters. The minimum absolute atomic E-state index is 0.124. The number of carbonyl (C=O) groups excluding carboxylic acids is 2. The van der Waals surface area contributed by atoms with Gasteiger partial charge in [-0.3, -0.25) is 19.4 Å². The van der Waals surface area contributed by atoms with Gasteiger partial charge in [-0.1, -0.05) is 60.3 Å². The van der Waals surface area contributed by atoms with Crippen molar-refractivity contribution >= 4 is 57.4 Å². The van der Waals surface area contributed by atoms with Crippen molar-refractivity contribution in [1.29, 1.82) is 0 Å². The molecule has 0 unspecified atom stereocenters. The monoisotopic (exact) mass is 475 g/mol. The highest BCUT2D eigenvalue weighted by Crippen LogP contribution is 2.51. The zero-order valence-electron chi connectivity index (χ0n) is 18.1. The van der Waals surface area contributed by atoms with Crippen LogP contribution >= 0.6 is 24.0 Å². The van der Waals surface area contributed by atoms with Gasteiger partial charge in [-0.2, -0.15) is 0 Å². The second kappa shape index (κ2) is 8.53. The molecule has 166 valence electrons. The highest BCUT2D eigenvalue weighted by molar-refractivity contribution is 8.03. The van der Waals surface area contributed by atoms with Crippen molar-refractivity contribution < 1.29 is 14.3 Å². The van der Waals surface area contributed by atoms with E-state index in [4.69, 9.17) is 17.0 Å². The Morgan fingerprint density at radius 1 is 0.879 bits per heavy atom. The van der Waals surface area contributed by atoms with Crippen LogP contribution in [0.1, 0.15) is 0 Å². The first-order valence-corrected chi connectivity index (χ1v) is 11.7. The number of nitrogens with zero attached hydrogens (tertiary/aromatic N) is 3. The quantitative estimate of drug-likeness (QED) is 0.319. The van der Waals surface area contributed by atoms with Crippen LogP contribution in [0, 0.1) is 0 Å². The predicted octanol–water partition coefficient (Wildman–Crippen LogP) is 4.26. The van der Waals surface area contributed by atoms with Gasteiger partial charge in [0.1, 0.15) is 17.9 Å². The molecule has 0 bridgehead atoms. The van der Waals surface area contributed by atoms with Crippen molar-refractivity contribution in [2.45, 2.75) is 4.90 Å². The van der Waals surface area contributed by atoms with E-state index < -0.39 is 11.8 Å². The molecule has 33 heavy (non-hydrogen) atoms. The zero-order valence-corrected chi connectivity index (χ0v) is 19.8. The first-order chi connectivity index (χ1) is 16.0. The molecular weight excluding hydrogens is 454 g/mol. The third kappa shape index (κ3) is 3.65. The summed E-state index contributed by atoms with van der Waals surface area (Å²) >= 11 is 6.70. The van der Waals surface area contributed by atoms with Crippen LogP contribution < -0.4 is 9.64 Å². The molecule has 1 saturated heterocycles. The van der Waals surface area contributed by atoms with Gasteiger partial charge in [-0.15, -0.1) is 0 Å². The molecule has 8 heteroatoms. The maximum Gasteiger partial charge on any atom is 0.268 e. The van der Waals surface area contributed by atoms with Gasteiger partial charge in [0, 0.05) is 24.4 Å². The number of ether oxygens (including phenoxy) is 1. The van der Waals surface area contributed by atoms with Gasteiger partial charge >= 0.3 is 0 Å². The number of hydrogen-bond acceptors (Lipinski definition) is 6. The van der Waals surface area contributed by atoms with Crippen molar-refractivity contribution in [2.75, 3.05) is 32.1 Å². The summed E-state index contributed by atoms with van der Waals surface area (Å²) in [6.07, 6.45) is 0. The smallest absolute Gasteiger partial charge is 0.268 e. The van der Waals surface area contributed by atoms with E-state index in [1.165, 1.54) is 21.6 Å². The summed E-state index contributed by atoms with van der Waals surface area (Å²) in [5.41, 5.74) is 1.11. The molecule has 0 radical (unpaired) electrons. The van der Waals surface area contributed by atoms with E-state index in [1.807, 2.05) is 53.4 Å². The third-order valence-electron chi connectivity index (χ3n) is 5.74. The number of para-hydroxylation sites is 1. The summed E-state index contributed by atoms with van der Waals surface area (Å²) < 4.78 is 5.96. The van der Waals surface area contributed by atoms with Gasteiger partial charge < -0.3 is 9.64 Å². The second-order valence-corrected chi connectivity index (χ2v) is 9.14. The molecule has 3 aromatic rings. The summed E-state index contributed by atoms with van der Waals surface area (Å²) in [6.45, 7) is 0.858. The van der Waals surface area contributed by atoms with E-state index >= 15 is 0 Å². The van der Waals surface area contributed by atoms with Gasteiger partial charge in [0.15, 0.2) is 5.11 Å². The van der Waals surface area contributed by atoms with Crippen molar-refractivity contribution in [3.8, 4) is 5.75 Å². The fraction of sp³-hybridized carbons (Fsp3) is 0.160. The van der Waals surface area contributed by atoms with Crippen LogP contribution in [0.3, 0.4) is 0 Å². The summed E-state index contributed by atoms with van der Waals surface area (Å²) in [7, 11) is 3.19. The third-order valence-corrected chi connectivity index (χ3v) is 7.45. The molecule has 5 rings (SSSR count). The number of anilines is 1. The van der Waals surface area contributed by atoms with Crippen LogP contribution in [0.5, 0.6) is 5.75 Å². The number of carbonyl (C=O) groups is 2. The Kier molecular flexibility index (Phi) is 5.55. The summed E-state index contributed by atoms with van der Waals surface area (Å²) in [4.78, 5) is 32.1. The SMILES string of the molecule is CN1C(=O)C(=C2Sc3ccc4ccccc4c3N2CCOc2ccccc2)C(=O)N(C)C1=S. The Balaban J connectivity index is 1.60. The molecule has 3 aromatic carbocycles. The predicted molar refractivity (Wildman–Crippen MR) is 134 cm³/mol. The molecular formula is C25H21N3O3S2. The Morgan fingerprint density at radius 3 is 2.27 bits per heavy atom.